The highest BCUT2D eigenvalue weighted by Crippen LogP contribution is 2.24. The number of aliphatic carboxylic acids is 1. The number of H-pyrrole nitrogens is 1. The van der Waals surface area contributed by atoms with Crippen LogP contribution >= 0.6 is 11.6 Å². The zero-order valence-corrected chi connectivity index (χ0v) is 12.4. The fraction of sp³-hybridized carbons (Fsp3) is 0.333. The number of hydrogen-bond acceptors (Lipinski definition) is 3. The van der Waals surface area contributed by atoms with E-state index < -0.39 is 11.5 Å². The number of carbonyl (C=O) groups excluding carboxylic acids is 1. The van der Waals surface area contributed by atoms with Gasteiger partial charge in [-0.25, -0.2) is 4.79 Å². The largest absolute Gasteiger partial charge is 0.479 e. The van der Waals surface area contributed by atoms with Crippen molar-refractivity contribution in [2.45, 2.75) is 18.4 Å². The molecule has 1 aliphatic rings. The number of hydrogen-bond donors (Lipinski definition) is 3. The Morgan fingerprint density at radius 3 is 2.95 bits per heavy atom. The summed E-state index contributed by atoms with van der Waals surface area (Å²) in [6.07, 6.45) is 2.09. The summed E-state index contributed by atoms with van der Waals surface area (Å²) in [4.78, 5) is 26.7. The second-order valence-corrected chi connectivity index (χ2v) is 5.86. The van der Waals surface area contributed by atoms with Gasteiger partial charge in [0.15, 0.2) is 5.54 Å². The highest BCUT2D eigenvalue weighted by Gasteiger charge is 2.43. The lowest BCUT2D eigenvalue weighted by Gasteiger charge is -2.23. The number of rotatable bonds is 4. The minimum atomic E-state index is -1.32. The maximum absolute atomic E-state index is 12.2. The number of aromatic amines is 1. The monoisotopic (exact) mass is 322 g/mol. The first kappa shape index (κ1) is 14.9. The Bertz CT molecular complexity index is 734. The van der Waals surface area contributed by atoms with Crippen LogP contribution in [0.4, 0.5) is 0 Å². The molecular weight excluding hydrogens is 308 g/mol. The van der Waals surface area contributed by atoms with Gasteiger partial charge >= 0.3 is 5.97 Å². The molecular formula is C15H15ClN2O4. The summed E-state index contributed by atoms with van der Waals surface area (Å²) in [7, 11) is 0. The third kappa shape index (κ3) is 2.67. The molecule has 6 nitrogen and oxygen atoms in total. The molecule has 2 heterocycles. The van der Waals surface area contributed by atoms with Crippen LogP contribution in [-0.2, 0) is 20.7 Å². The second-order valence-electron chi connectivity index (χ2n) is 5.42. The molecule has 0 spiro atoms. The quantitative estimate of drug-likeness (QED) is 0.799. The Kier molecular flexibility index (Phi) is 3.80. The third-order valence-corrected chi connectivity index (χ3v) is 4.13. The van der Waals surface area contributed by atoms with Gasteiger partial charge in [0, 0.05) is 35.2 Å². The molecule has 1 fully saturated rings. The minimum absolute atomic E-state index is 0.00616. The van der Waals surface area contributed by atoms with E-state index >= 15 is 0 Å². The number of carboxylic acid groups (broad SMARTS) is 1. The summed E-state index contributed by atoms with van der Waals surface area (Å²) in [5.41, 5.74) is 0.333. The third-order valence-electron chi connectivity index (χ3n) is 3.89. The molecule has 116 valence electrons. The van der Waals surface area contributed by atoms with Crippen LogP contribution in [0.2, 0.25) is 5.02 Å². The lowest BCUT2D eigenvalue weighted by molar-refractivity contribution is -0.147. The summed E-state index contributed by atoms with van der Waals surface area (Å²) in [5.74, 6) is -1.42. The van der Waals surface area contributed by atoms with Crippen LogP contribution in [0.25, 0.3) is 10.9 Å². The molecule has 1 amide bonds. The summed E-state index contributed by atoms with van der Waals surface area (Å²) < 4.78 is 5.12. The number of amides is 1. The van der Waals surface area contributed by atoms with Crippen LogP contribution in [0, 0.1) is 0 Å². The fourth-order valence-electron chi connectivity index (χ4n) is 2.67. The molecule has 0 radical (unpaired) electrons. The molecule has 1 atom stereocenters. The van der Waals surface area contributed by atoms with E-state index in [9.17, 15) is 14.7 Å². The van der Waals surface area contributed by atoms with Crippen LogP contribution < -0.4 is 5.32 Å². The van der Waals surface area contributed by atoms with Gasteiger partial charge in [-0.1, -0.05) is 11.6 Å². The average Bonchev–Trinajstić information content (AvgIpc) is 3.07. The van der Waals surface area contributed by atoms with Gasteiger partial charge in [0.1, 0.15) is 0 Å². The number of ether oxygens (including phenoxy) is 1. The van der Waals surface area contributed by atoms with Crippen molar-refractivity contribution in [2.75, 3.05) is 13.2 Å². The Morgan fingerprint density at radius 1 is 1.45 bits per heavy atom. The van der Waals surface area contributed by atoms with Crippen LogP contribution in [0.5, 0.6) is 0 Å². The predicted molar refractivity (Wildman–Crippen MR) is 81.0 cm³/mol. The van der Waals surface area contributed by atoms with Crippen LogP contribution in [-0.4, -0.2) is 40.7 Å². The lowest BCUT2D eigenvalue weighted by Crippen LogP contribution is -2.55. The molecule has 1 aliphatic heterocycles. The molecule has 3 rings (SSSR count). The zero-order chi connectivity index (χ0) is 15.7. The van der Waals surface area contributed by atoms with E-state index in [-0.39, 0.29) is 25.4 Å². The molecule has 2 aromatic rings. The van der Waals surface area contributed by atoms with Crippen LogP contribution in [0.1, 0.15) is 12.0 Å². The highest BCUT2D eigenvalue weighted by atomic mass is 35.5. The van der Waals surface area contributed by atoms with Gasteiger partial charge in [0.2, 0.25) is 5.91 Å². The molecule has 0 saturated carbocycles. The SMILES string of the molecule is O=C(Cc1c[nH]c2ccc(Cl)cc12)NC1(C(=O)O)CCOC1. The van der Waals surface area contributed by atoms with Gasteiger partial charge < -0.3 is 20.1 Å². The number of benzene rings is 1. The van der Waals surface area contributed by atoms with Crippen molar-refractivity contribution in [3.05, 3.63) is 35.0 Å². The van der Waals surface area contributed by atoms with Gasteiger partial charge in [0.25, 0.3) is 0 Å². The van der Waals surface area contributed by atoms with Crippen molar-refractivity contribution < 1.29 is 19.4 Å². The Morgan fingerprint density at radius 2 is 2.27 bits per heavy atom. The van der Waals surface area contributed by atoms with E-state index in [4.69, 9.17) is 16.3 Å². The van der Waals surface area contributed by atoms with Gasteiger partial charge in [-0.2, -0.15) is 0 Å². The van der Waals surface area contributed by atoms with E-state index in [1.54, 1.807) is 18.3 Å². The Balaban J connectivity index is 1.78. The Hall–Kier alpha value is -2.05. The average molecular weight is 323 g/mol. The second kappa shape index (κ2) is 5.62. The number of carbonyl (C=O) groups is 2. The van der Waals surface area contributed by atoms with E-state index in [1.807, 2.05) is 6.07 Å². The topological polar surface area (TPSA) is 91.4 Å². The molecule has 0 bridgehead atoms. The Labute approximate surface area is 131 Å². The molecule has 22 heavy (non-hydrogen) atoms. The summed E-state index contributed by atoms with van der Waals surface area (Å²) in [6, 6.07) is 5.38. The minimum Gasteiger partial charge on any atom is -0.479 e. The first-order valence-electron chi connectivity index (χ1n) is 6.88. The first-order chi connectivity index (χ1) is 10.5. The zero-order valence-electron chi connectivity index (χ0n) is 11.7. The van der Waals surface area contributed by atoms with E-state index in [2.05, 4.69) is 10.3 Å². The van der Waals surface area contributed by atoms with Gasteiger partial charge in [0.05, 0.1) is 13.0 Å². The number of aromatic nitrogens is 1. The summed E-state index contributed by atoms with van der Waals surface area (Å²) in [6.45, 7) is 0.322. The van der Waals surface area contributed by atoms with Gasteiger partial charge in [-0.05, 0) is 23.8 Å². The number of nitrogens with one attached hydrogen (secondary N) is 2. The van der Waals surface area contributed by atoms with E-state index in [0.717, 1.165) is 16.5 Å². The molecule has 1 aromatic heterocycles. The number of carboxylic acids is 1. The lowest BCUT2D eigenvalue weighted by atomic mass is 9.98. The summed E-state index contributed by atoms with van der Waals surface area (Å²) in [5, 5.41) is 13.4. The van der Waals surface area contributed by atoms with Gasteiger partial charge in [-0.3, -0.25) is 4.79 Å². The highest BCUT2D eigenvalue weighted by molar-refractivity contribution is 6.31. The van der Waals surface area contributed by atoms with Gasteiger partial charge in [-0.15, -0.1) is 0 Å². The molecule has 0 aliphatic carbocycles. The van der Waals surface area contributed by atoms with Crippen molar-refractivity contribution in [3.63, 3.8) is 0 Å². The smallest absolute Gasteiger partial charge is 0.331 e. The summed E-state index contributed by atoms with van der Waals surface area (Å²) >= 11 is 5.98. The van der Waals surface area contributed by atoms with Crippen LogP contribution in [0.3, 0.4) is 0 Å². The van der Waals surface area contributed by atoms with Crippen molar-refractivity contribution >= 4 is 34.4 Å². The van der Waals surface area contributed by atoms with Crippen LogP contribution in [0.15, 0.2) is 24.4 Å². The normalized spacial score (nSPS) is 21.1. The molecule has 1 aromatic carbocycles. The van der Waals surface area contributed by atoms with Crippen molar-refractivity contribution in [1.29, 1.82) is 0 Å². The predicted octanol–water partition coefficient (Wildman–Crippen LogP) is 1.72. The van der Waals surface area contributed by atoms with E-state index in [1.165, 1.54) is 0 Å². The first-order valence-corrected chi connectivity index (χ1v) is 7.26. The maximum atomic E-state index is 12.2. The molecule has 1 unspecified atom stereocenters. The van der Waals surface area contributed by atoms with Crippen molar-refractivity contribution in [3.8, 4) is 0 Å². The van der Waals surface area contributed by atoms with Crippen molar-refractivity contribution in [1.82, 2.24) is 10.3 Å². The maximum Gasteiger partial charge on any atom is 0.331 e. The molecule has 7 heteroatoms. The standard InChI is InChI=1S/C15H15ClN2O4/c16-10-1-2-12-11(6-10)9(7-17-12)5-13(19)18-15(14(20)21)3-4-22-8-15/h1-2,6-7,17H,3-5,8H2,(H,18,19)(H,20,21). The number of fused-ring (bicyclic) bond motifs is 1. The fourth-order valence-corrected chi connectivity index (χ4v) is 2.84. The van der Waals surface area contributed by atoms with Crippen molar-refractivity contribution in [2.24, 2.45) is 0 Å². The van der Waals surface area contributed by atoms with E-state index in [0.29, 0.717) is 11.6 Å². The molecule has 1 saturated heterocycles. The molecule has 3 N–H and O–H groups in total. The number of halogens is 1.